The lowest BCUT2D eigenvalue weighted by Gasteiger charge is -2.12. The van der Waals surface area contributed by atoms with Crippen molar-refractivity contribution in [2.24, 2.45) is 5.92 Å². The van der Waals surface area contributed by atoms with E-state index in [9.17, 15) is 14.0 Å². The molecule has 0 aromatic heterocycles. The average molecular weight is 361 g/mol. The molecular weight excluding hydrogens is 341 g/mol. The van der Waals surface area contributed by atoms with Crippen LogP contribution in [0.25, 0.3) is 0 Å². The third-order valence-electron chi connectivity index (χ3n) is 3.89. The largest absolute Gasteiger partial charge is 0.493 e. The highest BCUT2D eigenvalue weighted by Crippen LogP contribution is 2.30. The topological polar surface area (TPSA) is 84.9 Å². The van der Waals surface area contributed by atoms with E-state index in [4.69, 9.17) is 14.6 Å². The number of carbonyl (C=O) groups excluding carboxylic acids is 1. The summed E-state index contributed by atoms with van der Waals surface area (Å²) in [6.07, 6.45) is 0.383. The van der Waals surface area contributed by atoms with Crippen LogP contribution in [0.5, 0.6) is 11.5 Å². The molecule has 0 saturated heterocycles. The van der Waals surface area contributed by atoms with Crippen LogP contribution in [0.15, 0.2) is 36.4 Å². The van der Waals surface area contributed by atoms with Crippen molar-refractivity contribution in [2.45, 2.75) is 13.3 Å². The second kappa shape index (κ2) is 8.33. The summed E-state index contributed by atoms with van der Waals surface area (Å²) in [6.45, 7) is 1.62. The number of nitrogens with one attached hydrogen (secondary N) is 1. The molecule has 2 rings (SSSR count). The summed E-state index contributed by atoms with van der Waals surface area (Å²) in [5.74, 6) is -2.29. The van der Waals surface area contributed by atoms with Gasteiger partial charge < -0.3 is 19.9 Å². The van der Waals surface area contributed by atoms with Crippen molar-refractivity contribution in [2.75, 3.05) is 19.5 Å². The first-order valence-electron chi connectivity index (χ1n) is 7.90. The highest BCUT2D eigenvalue weighted by molar-refractivity contribution is 6.04. The number of halogens is 1. The van der Waals surface area contributed by atoms with Gasteiger partial charge in [-0.05, 0) is 30.2 Å². The molecular formula is C19H20FNO5. The monoisotopic (exact) mass is 361 g/mol. The zero-order valence-corrected chi connectivity index (χ0v) is 14.7. The van der Waals surface area contributed by atoms with Gasteiger partial charge >= 0.3 is 5.97 Å². The Morgan fingerprint density at radius 3 is 2.23 bits per heavy atom. The predicted molar refractivity (Wildman–Crippen MR) is 94.4 cm³/mol. The molecule has 0 fully saturated rings. The fraction of sp³-hybridized carbons (Fsp3) is 0.263. The summed E-state index contributed by atoms with van der Waals surface area (Å²) in [5, 5.41) is 11.5. The SMILES string of the molecule is COc1cc(F)c(C(=O)Nc2ccc(CC(C)C(=O)O)cc2)cc1OC. The normalized spacial score (nSPS) is 11.5. The van der Waals surface area contributed by atoms with Crippen LogP contribution in [-0.4, -0.2) is 31.2 Å². The van der Waals surface area contributed by atoms with Crippen molar-refractivity contribution in [3.05, 3.63) is 53.3 Å². The van der Waals surface area contributed by atoms with Gasteiger partial charge in [0.15, 0.2) is 11.5 Å². The summed E-state index contributed by atoms with van der Waals surface area (Å²) in [7, 11) is 2.78. The zero-order chi connectivity index (χ0) is 19.3. The van der Waals surface area contributed by atoms with E-state index in [-0.39, 0.29) is 17.1 Å². The minimum Gasteiger partial charge on any atom is -0.493 e. The van der Waals surface area contributed by atoms with Crippen molar-refractivity contribution in [3.8, 4) is 11.5 Å². The lowest BCUT2D eigenvalue weighted by Crippen LogP contribution is -2.15. The fourth-order valence-corrected chi connectivity index (χ4v) is 2.39. The Kier molecular flexibility index (Phi) is 6.16. The number of hydrogen-bond acceptors (Lipinski definition) is 4. The van der Waals surface area contributed by atoms with Crippen LogP contribution in [0.2, 0.25) is 0 Å². The average Bonchev–Trinajstić information content (AvgIpc) is 2.62. The fourth-order valence-electron chi connectivity index (χ4n) is 2.39. The van der Waals surface area contributed by atoms with E-state index in [1.54, 1.807) is 31.2 Å². The van der Waals surface area contributed by atoms with Crippen LogP contribution in [0, 0.1) is 11.7 Å². The summed E-state index contributed by atoms with van der Waals surface area (Å²) in [6, 6.07) is 9.08. The Labute approximate surface area is 150 Å². The van der Waals surface area contributed by atoms with Gasteiger partial charge in [0.25, 0.3) is 5.91 Å². The second-order valence-electron chi connectivity index (χ2n) is 5.78. The minimum atomic E-state index is -0.869. The molecule has 1 amide bonds. The molecule has 0 heterocycles. The number of amides is 1. The summed E-state index contributed by atoms with van der Waals surface area (Å²) < 4.78 is 24.2. The van der Waals surface area contributed by atoms with Crippen molar-refractivity contribution >= 4 is 17.6 Å². The molecule has 2 aromatic carbocycles. The van der Waals surface area contributed by atoms with Gasteiger partial charge in [0.2, 0.25) is 0 Å². The van der Waals surface area contributed by atoms with Crippen LogP contribution < -0.4 is 14.8 Å². The third-order valence-corrected chi connectivity index (χ3v) is 3.89. The summed E-state index contributed by atoms with van der Waals surface area (Å²) in [5.41, 5.74) is 1.12. The molecule has 7 heteroatoms. The van der Waals surface area contributed by atoms with Crippen molar-refractivity contribution in [3.63, 3.8) is 0 Å². The minimum absolute atomic E-state index is 0.175. The highest BCUT2D eigenvalue weighted by atomic mass is 19.1. The lowest BCUT2D eigenvalue weighted by atomic mass is 10.0. The number of aliphatic carboxylic acids is 1. The molecule has 0 radical (unpaired) electrons. The van der Waals surface area contributed by atoms with Crippen LogP contribution in [0.3, 0.4) is 0 Å². The number of hydrogen-bond donors (Lipinski definition) is 2. The molecule has 0 aliphatic carbocycles. The van der Waals surface area contributed by atoms with E-state index < -0.39 is 23.6 Å². The maximum Gasteiger partial charge on any atom is 0.306 e. The number of carboxylic acids is 1. The smallest absolute Gasteiger partial charge is 0.306 e. The van der Waals surface area contributed by atoms with Gasteiger partial charge in [0.05, 0.1) is 25.7 Å². The van der Waals surface area contributed by atoms with Crippen molar-refractivity contribution in [1.29, 1.82) is 0 Å². The number of rotatable bonds is 7. The number of benzene rings is 2. The van der Waals surface area contributed by atoms with Gasteiger partial charge in [-0.25, -0.2) is 4.39 Å². The molecule has 138 valence electrons. The van der Waals surface area contributed by atoms with Crippen LogP contribution in [0.4, 0.5) is 10.1 Å². The van der Waals surface area contributed by atoms with Gasteiger partial charge in [0.1, 0.15) is 5.82 Å². The van der Waals surface area contributed by atoms with E-state index in [1.807, 2.05) is 0 Å². The van der Waals surface area contributed by atoms with E-state index >= 15 is 0 Å². The number of anilines is 1. The Bertz CT molecular complexity index is 804. The Morgan fingerprint density at radius 1 is 1.12 bits per heavy atom. The standard InChI is InChI=1S/C19H20FNO5/c1-11(19(23)24)8-12-4-6-13(7-5-12)21-18(22)14-9-16(25-2)17(26-3)10-15(14)20/h4-7,9-11H,8H2,1-3H3,(H,21,22)(H,23,24). The molecule has 0 spiro atoms. The molecule has 0 aliphatic rings. The van der Waals surface area contributed by atoms with Gasteiger partial charge in [-0.3, -0.25) is 9.59 Å². The van der Waals surface area contributed by atoms with E-state index in [2.05, 4.69) is 5.32 Å². The molecule has 6 nitrogen and oxygen atoms in total. The second-order valence-corrected chi connectivity index (χ2v) is 5.78. The molecule has 1 unspecified atom stereocenters. The van der Waals surface area contributed by atoms with Crippen LogP contribution in [0.1, 0.15) is 22.8 Å². The molecule has 0 aliphatic heterocycles. The maximum atomic E-state index is 14.1. The van der Waals surface area contributed by atoms with E-state index in [1.165, 1.54) is 20.3 Å². The first kappa shape index (κ1) is 19.2. The third kappa shape index (κ3) is 4.50. The molecule has 26 heavy (non-hydrogen) atoms. The van der Waals surface area contributed by atoms with Gasteiger partial charge in [-0.2, -0.15) is 0 Å². The van der Waals surface area contributed by atoms with Gasteiger partial charge in [-0.15, -0.1) is 0 Å². The lowest BCUT2D eigenvalue weighted by molar-refractivity contribution is -0.141. The number of methoxy groups -OCH3 is 2. The predicted octanol–water partition coefficient (Wildman–Crippen LogP) is 3.36. The highest BCUT2D eigenvalue weighted by Gasteiger charge is 2.17. The number of carbonyl (C=O) groups is 2. The van der Waals surface area contributed by atoms with Crippen molar-refractivity contribution < 1.29 is 28.6 Å². The van der Waals surface area contributed by atoms with Gasteiger partial charge in [0, 0.05) is 11.8 Å². The van der Waals surface area contributed by atoms with E-state index in [0.717, 1.165) is 11.6 Å². The molecule has 2 aromatic rings. The van der Waals surface area contributed by atoms with Crippen LogP contribution >= 0.6 is 0 Å². The summed E-state index contributed by atoms with van der Waals surface area (Å²) >= 11 is 0. The zero-order valence-electron chi connectivity index (χ0n) is 14.7. The Balaban J connectivity index is 2.14. The van der Waals surface area contributed by atoms with E-state index in [0.29, 0.717) is 12.1 Å². The number of ether oxygens (including phenoxy) is 2. The van der Waals surface area contributed by atoms with Gasteiger partial charge in [-0.1, -0.05) is 19.1 Å². The first-order valence-corrected chi connectivity index (χ1v) is 7.90. The van der Waals surface area contributed by atoms with Crippen LogP contribution in [-0.2, 0) is 11.2 Å². The quantitative estimate of drug-likeness (QED) is 0.790. The summed E-state index contributed by atoms with van der Waals surface area (Å²) in [4.78, 5) is 23.2. The Hall–Kier alpha value is -3.09. The molecule has 1 atom stereocenters. The maximum absolute atomic E-state index is 14.1. The van der Waals surface area contributed by atoms with Crippen molar-refractivity contribution in [1.82, 2.24) is 0 Å². The molecule has 0 saturated carbocycles. The molecule has 2 N–H and O–H groups in total. The Morgan fingerprint density at radius 2 is 1.69 bits per heavy atom. The number of carboxylic acid groups (broad SMARTS) is 1. The molecule has 0 bridgehead atoms. The first-order chi connectivity index (χ1) is 12.3.